The quantitative estimate of drug-likeness (QED) is 0.801. The van der Waals surface area contributed by atoms with Crippen LogP contribution < -0.4 is 0 Å². The molecule has 1 nitrogen and oxygen atoms in total. The highest BCUT2D eigenvalue weighted by atomic mass is 16.3. The smallest absolute Gasteiger partial charge is 0.122 e. The zero-order valence-corrected chi connectivity index (χ0v) is 10.4. The molecule has 0 saturated heterocycles. The lowest BCUT2D eigenvalue weighted by molar-refractivity contribution is 0.295. The van der Waals surface area contributed by atoms with E-state index < -0.39 is 0 Å². The number of aryl methyl sites for hydroxylation is 1. The summed E-state index contributed by atoms with van der Waals surface area (Å²) in [5.74, 6) is 1.86. The van der Waals surface area contributed by atoms with Crippen LogP contribution in [0.3, 0.4) is 0 Å². The molecule has 88 valence electrons. The van der Waals surface area contributed by atoms with Crippen LogP contribution in [0, 0.1) is 5.92 Å². The van der Waals surface area contributed by atoms with Crippen molar-refractivity contribution in [2.45, 2.75) is 51.9 Å². The Balaban J connectivity index is 2.04. The molecule has 1 aromatic rings. The first-order chi connectivity index (χ1) is 7.68. The van der Waals surface area contributed by atoms with Crippen LogP contribution in [-0.4, -0.2) is 5.11 Å². The topological polar surface area (TPSA) is 20.2 Å². The molecule has 0 aromatic heterocycles. The third-order valence-corrected chi connectivity index (χ3v) is 3.82. The summed E-state index contributed by atoms with van der Waals surface area (Å²) < 4.78 is 0. The predicted molar refractivity (Wildman–Crippen MR) is 67.9 cm³/mol. The molecule has 0 amide bonds. The number of phenolic OH excluding ortho intramolecular Hbond substituents is 1. The first kappa shape index (κ1) is 11.5. The van der Waals surface area contributed by atoms with Crippen LogP contribution in [-0.2, 0) is 6.42 Å². The monoisotopic (exact) mass is 218 g/mol. The van der Waals surface area contributed by atoms with E-state index in [1.165, 1.54) is 25.7 Å². The fraction of sp³-hybridized carbons (Fsp3) is 0.600. The molecule has 0 unspecified atom stereocenters. The zero-order valence-electron chi connectivity index (χ0n) is 10.4. The minimum atomic E-state index is 0.406. The lowest BCUT2D eigenvalue weighted by Crippen LogP contribution is -2.11. The molecule has 1 aliphatic rings. The molecule has 2 rings (SSSR count). The van der Waals surface area contributed by atoms with Gasteiger partial charge < -0.3 is 5.11 Å². The molecular weight excluding hydrogens is 196 g/mol. The van der Waals surface area contributed by atoms with Gasteiger partial charge in [0.25, 0.3) is 0 Å². The number of hydrogen-bond acceptors (Lipinski definition) is 1. The molecule has 0 heterocycles. The van der Waals surface area contributed by atoms with Crippen LogP contribution in [0.15, 0.2) is 18.2 Å². The average molecular weight is 218 g/mol. The minimum absolute atomic E-state index is 0.406. The van der Waals surface area contributed by atoms with E-state index >= 15 is 0 Å². The zero-order chi connectivity index (χ0) is 11.5. The second-order valence-electron chi connectivity index (χ2n) is 5.35. The Hall–Kier alpha value is -0.980. The number of phenols is 1. The predicted octanol–water partition coefficient (Wildman–Crippen LogP) is 4.25. The van der Waals surface area contributed by atoms with E-state index in [0.717, 1.165) is 23.5 Å². The van der Waals surface area contributed by atoms with Crippen molar-refractivity contribution in [3.63, 3.8) is 0 Å². The standard InChI is InChI=1S/C15H22O/c1-11(2)14-8-4-7-13(15(14)16)10-9-12-5-3-6-12/h4,7-8,11-12,16H,3,5-6,9-10H2,1-2H3. The summed E-state index contributed by atoms with van der Waals surface area (Å²) >= 11 is 0. The van der Waals surface area contributed by atoms with Crippen molar-refractivity contribution >= 4 is 0 Å². The van der Waals surface area contributed by atoms with Gasteiger partial charge in [-0.05, 0) is 35.8 Å². The second-order valence-corrected chi connectivity index (χ2v) is 5.35. The number of para-hydroxylation sites is 1. The SMILES string of the molecule is CC(C)c1cccc(CCC2CCC2)c1O. The summed E-state index contributed by atoms with van der Waals surface area (Å²) in [6.45, 7) is 4.26. The maximum atomic E-state index is 10.2. The first-order valence-corrected chi connectivity index (χ1v) is 6.49. The van der Waals surface area contributed by atoms with Gasteiger partial charge in [-0.3, -0.25) is 0 Å². The molecule has 1 fully saturated rings. The number of rotatable bonds is 4. The summed E-state index contributed by atoms with van der Waals surface area (Å²) in [4.78, 5) is 0. The highest BCUT2D eigenvalue weighted by Crippen LogP contribution is 2.34. The van der Waals surface area contributed by atoms with Gasteiger partial charge >= 0.3 is 0 Å². The normalized spacial score (nSPS) is 16.4. The van der Waals surface area contributed by atoms with Gasteiger partial charge in [0.1, 0.15) is 5.75 Å². The molecule has 1 saturated carbocycles. The summed E-state index contributed by atoms with van der Waals surface area (Å²) in [6.07, 6.45) is 6.48. The Kier molecular flexibility index (Phi) is 3.52. The Labute approximate surface area is 98.5 Å². The minimum Gasteiger partial charge on any atom is -0.507 e. The highest BCUT2D eigenvalue weighted by molar-refractivity contribution is 5.42. The Bertz CT molecular complexity index is 350. The molecular formula is C15H22O. The molecule has 16 heavy (non-hydrogen) atoms. The van der Waals surface area contributed by atoms with Crippen LogP contribution in [0.1, 0.15) is 56.6 Å². The number of hydrogen-bond donors (Lipinski definition) is 1. The average Bonchev–Trinajstić information content (AvgIpc) is 2.17. The Morgan fingerprint density at radius 1 is 1.31 bits per heavy atom. The van der Waals surface area contributed by atoms with Gasteiger partial charge in [0.15, 0.2) is 0 Å². The van der Waals surface area contributed by atoms with Crippen LogP contribution in [0.4, 0.5) is 0 Å². The van der Waals surface area contributed by atoms with Gasteiger partial charge in [0.2, 0.25) is 0 Å². The van der Waals surface area contributed by atoms with Crippen LogP contribution in [0.5, 0.6) is 5.75 Å². The van der Waals surface area contributed by atoms with Crippen LogP contribution in [0.25, 0.3) is 0 Å². The molecule has 1 heteroatoms. The van der Waals surface area contributed by atoms with E-state index in [1.54, 1.807) is 0 Å². The molecule has 0 bridgehead atoms. The maximum Gasteiger partial charge on any atom is 0.122 e. The fourth-order valence-electron chi connectivity index (χ4n) is 2.42. The van der Waals surface area contributed by atoms with Crippen molar-refractivity contribution in [2.75, 3.05) is 0 Å². The lowest BCUT2D eigenvalue weighted by atomic mass is 9.81. The van der Waals surface area contributed by atoms with Gasteiger partial charge in [-0.15, -0.1) is 0 Å². The Morgan fingerprint density at radius 2 is 2.06 bits per heavy atom. The van der Waals surface area contributed by atoms with Crippen molar-refractivity contribution in [1.82, 2.24) is 0 Å². The fourth-order valence-corrected chi connectivity index (χ4v) is 2.42. The van der Waals surface area contributed by atoms with Gasteiger partial charge in [-0.2, -0.15) is 0 Å². The van der Waals surface area contributed by atoms with E-state index in [2.05, 4.69) is 26.0 Å². The van der Waals surface area contributed by atoms with E-state index in [9.17, 15) is 5.11 Å². The van der Waals surface area contributed by atoms with E-state index in [0.29, 0.717) is 11.7 Å². The summed E-state index contributed by atoms with van der Waals surface area (Å²) in [6, 6.07) is 6.18. The largest absolute Gasteiger partial charge is 0.507 e. The molecule has 1 aliphatic carbocycles. The summed E-state index contributed by atoms with van der Waals surface area (Å²) in [7, 11) is 0. The van der Waals surface area contributed by atoms with Gasteiger partial charge in [0.05, 0.1) is 0 Å². The molecule has 0 spiro atoms. The van der Waals surface area contributed by atoms with E-state index in [1.807, 2.05) is 6.07 Å². The molecule has 0 radical (unpaired) electrons. The maximum absolute atomic E-state index is 10.2. The van der Waals surface area contributed by atoms with Crippen molar-refractivity contribution in [3.8, 4) is 5.75 Å². The van der Waals surface area contributed by atoms with Gasteiger partial charge in [-0.1, -0.05) is 51.3 Å². The third-order valence-electron chi connectivity index (χ3n) is 3.82. The van der Waals surface area contributed by atoms with Crippen LogP contribution >= 0.6 is 0 Å². The van der Waals surface area contributed by atoms with Crippen LogP contribution in [0.2, 0.25) is 0 Å². The van der Waals surface area contributed by atoms with Crippen molar-refractivity contribution in [3.05, 3.63) is 29.3 Å². The molecule has 1 N–H and O–H groups in total. The lowest BCUT2D eigenvalue weighted by Gasteiger charge is -2.25. The van der Waals surface area contributed by atoms with Crippen molar-refractivity contribution < 1.29 is 5.11 Å². The highest BCUT2D eigenvalue weighted by Gasteiger charge is 2.18. The van der Waals surface area contributed by atoms with Crippen molar-refractivity contribution in [2.24, 2.45) is 5.92 Å². The Morgan fingerprint density at radius 3 is 2.62 bits per heavy atom. The second kappa shape index (κ2) is 4.90. The summed E-state index contributed by atoms with van der Waals surface area (Å²) in [5.41, 5.74) is 2.23. The number of aromatic hydroxyl groups is 1. The molecule has 1 aromatic carbocycles. The third kappa shape index (κ3) is 2.40. The number of benzene rings is 1. The first-order valence-electron chi connectivity index (χ1n) is 6.49. The van der Waals surface area contributed by atoms with E-state index in [-0.39, 0.29) is 0 Å². The van der Waals surface area contributed by atoms with Gasteiger partial charge in [0, 0.05) is 0 Å². The summed E-state index contributed by atoms with van der Waals surface area (Å²) in [5, 5.41) is 10.2. The van der Waals surface area contributed by atoms with Crippen molar-refractivity contribution in [1.29, 1.82) is 0 Å². The van der Waals surface area contributed by atoms with Gasteiger partial charge in [-0.25, -0.2) is 0 Å². The van der Waals surface area contributed by atoms with E-state index in [4.69, 9.17) is 0 Å². The molecule has 0 atom stereocenters. The molecule has 0 aliphatic heterocycles.